The minimum absolute atomic E-state index is 0.0883. The van der Waals surface area contributed by atoms with Crippen molar-refractivity contribution >= 4 is 11.9 Å². The van der Waals surface area contributed by atoms with Crippen molar-refractivity contribution in [3.8, 4) is 0 Å². The monoisotopic (exact) mass is 244 g/mol. The van der Waals surface area contributed by atoms with Crippen LogP contribution in [-0.4, -0.2) is 69.6 Å². The Hall–Kier alpha value is -1.30. The van der Waals surface area contributed by atoms with Gasteiger partial charge in [-0.15, -0.1) is 0 Å². The van der Waals surface area contributed by atoms with Crippen LogP contribution in [0.5, 0.6) is 0 Å². The summed E-state index contributed by atoms with van der Waals surface area (Å²) in [5.41, 5.74) is 0. The van der Waals surface area contributed by atoms with Crippen LogP contribution in [0.25, 0.3) is 0 Å². The van der Waals surface area contributed by atoms with E-state index in [1.165, 1.54) is 4.90 Å². The molecule has 0 rings (SSSR count). The summed E-state index contributed by atoms with van der Waals surface area (Å²) in [7, 11) is 6.92. The largest absolute Gasteiger partial charge is 0.349 e. The second-order valence-corrected chi connectivity index (χ2v) is 4.27. The van der Waals surface area contributed by atoms with Crippen LogP contribution < -0.4 is 10.6 Å². The molecule has 0 aliphatic heterocycles. The molecule has 0 aromatic rings. The fourth-order valence-corrected chi connectivity index (χ4v) is 1.13. The molecule has 0 aliphatic carbocycles. The third-order valence-corrected chi connectivity index (χ3v) is 2.23. The van der Waals surface area contributed by atoms with Gasteiger partial charge >= 0.3 is 6.03 Å². The summed E-state index contributed by atoms with van der Waals surface area (Å²) in [5.74, 6) is 0.146. The first-order chi connectivity index (χ1) is 7.95. The van der Waals surface area contributed by atoms with Gasteiger partial charge in [0.15, 0.2) is 0 Å². The Kier molecular flexibility index (Phi) is 8.13. The van der Waals surface area contributed by atoms with E-state index in [0.717, 1.165) is 19.5 Å². The Morgan fingerprint density at radius 2 is 1.59 bits per heavy atom. The minimum atomic E-state index is -0.0883. The zero-order valence-electron chi connectivity index (χ0n) is 11.2. The maximum atomic E-state index is 11.2. The third kappa shape index (κ3) is 8.50. The molecule has 100 valence electrons. The van der Waals surface area contributed by atoms with E-state index < -0.39 is 0 Å². The predicted molar refractivity (Wildman–Crippen MR) is 67.9 cm³/mol. The SMILES string of the molecule is CN(C)C(=O)CCCNCCNC(=O)N(C)C. The van der Waals surface area contributed by atoms with Gasteiger partial charge in [0.25, 0.3) is 0 Å². The average Bonchev–Trinajstić information content (AvgIpc) is 2.26. The molecule has 17 heavy (non-hydrogen) atoms. The number of urea groups is 1. The summed E-state index contributed by atoms with van der Waals surface area (Å²) >= 11 is 0. The first-order valence-corrected chi connectivity index (χ1v) is 5.81. The van der Waals surface area contributed by atoms with Crippen molar-refractivity contribution in [2.45, 2.75) is 12.8 Å². The number of nitrogens with one attached hydrogen (secondary N) is 2. The molecular weight excluding hydrogens is 220 g/mol. The second-order valence-electron chi connectivity index (χ2n) is 4.27. The van der Waals surface area contributed by atoms with Crippen molar-refractivity contribution < 1.29 is 9.59 Å². The van der Waals surface area contributed by atoms with Crippen molar-refractivity contribution in [1.29, 1.82) is 0 Å². The van der Waals surface area contributed by atoms with Gasteiger partial charge in [-0.05, 0) is 13.0 Å². The highest BCUT2D eigenvalue weighted by Crippen LogP contribution is 1.91. The van der Waals surface area contributed by atoms with Crippen LogP contribution in [0, 0.1) is 0 Å². The van der Waals surface area contributed by atoms with Gasteiger partial charge in [0.2, 0.25) is 5.91 Å². The van der Waals surface area contributed by atoms with E-state index in [2.05, 4.69) is 10.6 Å². The van der Waals surface area contributed by atoms with Crippen LogP contribution in [0.4, 0.5) is 4.79 Å². The number of rotatable bonds is 7. The fraction of sp³-hybridized carbons (Fsp3) is 0.818. The van der Waals surface area contributed by atoms with Crippen molar-refractivity contribution in [2.24, 2.45) is 0 Å². The molecule has 0 aromatic heterocycles. The van der Waals surface area contributed by atoms with Crippen molar-refractivity contribution in [1.82, 2.24) is 20.4 Å². The molecule has 0 aliphatic rings. The van der Waals surface area contributed by atoms with Crippen LogP contribution in [0.3, 0.4) is 0 Å². The summed E-state index contributed by atoms with van der Waals surface area (Å²) in [5, 5.41) is 5.92. The quantitative estimate of drug-likeness (QED) is 0.605. The highest BCUT2D eigenvalue weighted by Gasteiger charge is 2.03. The molecule has 0 unspecified atom stereocenters. The summed E-state index contributed by atoms with van der Waals surface area (Å²) in [4.78, 5) is 25.5. The number of amides is 3. The van der Waals surface area contributed by atoms with E-state index in [9.17, 15) is 9.59 Å². The number of hydrogen-bond acceptors (Lipinski definition) is 3. The number of carbonyl (C=O) groups excluding carboxylic acids is 2. The van der Waals surface area contributed by atoms with Crippen LogP contribution >= 0.6 is 0 Å². The lowest BCUT2D eigenvalue weighted by Gasteiger charge is -2.12. The molecule has 0 spiro atoms. The zero-order chi connectivity index (χ0) is 13.3. The van der Waals surface area contributed by atoms with E-state index in [1.54, 1.807) is 33.1 Å². The van der Waals surface area contributed by atoms with Crippen LogP contribution in [0.1, 0.15) is 12.8 Å². The first kappa shape index (κ1) is 15.7. The van der Waals surface area contributed by atoms with E-state index in [-0.39, 0.29) is 11.9 Å². The topological polar surface area (TPSA) is 64.7 Å². The van der Waals surface area contributed by atoms with E-state index in [4.69, 9.17) is 0 Å². The van der Waals surface area contributed by atoms with Gasteiger partial charge in [0.05, 0.1) is 0 Å². The van der Waals surface area contributed by atoms with E-state index in [0.29, 0.717) is 13.0 Å². The molecule has 2 N–H and O–H groups in total. The normalized spacial score (nSPS) is 9.88. The molecule has 0 fully saturated rings. The Labute approximate surface area is 103 Å². The van der Waals surface area contributed by atoms with E-state index >= 15 is 0 Å². The van der Waals surface area contributed by atoms with Crippen molar-refractivity contribution in [2.75, 3.05) is 47.8 Å². The van der Waals surface area contributed by atoms with Crippen LogP contribution in [-0.2, 0) is 4.79 Å². The lowest BCUT2D eigenvalue weighted by atomic mass is 10.3. The fourth-order valence-electron chi connectivity index (χ4n) is 1.13. The predicted octanol–water partition coefficient (Wildman–Crippen LogP) is -0.284. The number of nitrogens with zero attached hydrogens (tertiary/aromatic N) is 2. The molecule has 0 heterocycles. The molecule has 0 saturated heterocycles. The highest BCUT2D eigenvalue weighted by atomic mass is 16.2. The smallest absolute Gasteiger partial charge is 0.316 e. The first-order valence-electron chi connectivity index (χ1n) is 5.81. The summed E-state index contributed by atoms with van der Waals surface area (Å²) in [6.45, 7) is 2.10. The van der Waals surface area contributed by atoms with Crippen molar-refractivity contribution in [3.05, 3.63) is 0 Å². The third-order valence-electron chi connectivity index (χ3n) is 2.23. The zero-order valence-corrected chi connectivity index (χ0v) is 11.2. The number of carbonyl (C=O) groups is 2. The van der Waals surface area contributed by atoms with Gasteiger partial charge < -0.3 is 20.4 Å². The molecular formula is C11H24N4O2. The van der Waals surface area contributed by atoms with Crippen LogP contribution in [0.2, 0.25) is 0 Å². The highest BCUT2D eigenvalue weighted by molar-refractivity contribution is 5.75. The van der Waals surface area contributed by atoms with Gasteiger partial charge in [-0.3, -0.25) is 4.79 Å². The lowest BCUT2D eigenvalue weighted by molar-refractivity contribution is -0.128. The Morgan fingerprint density at radius 3 is 2.12 bits per heavy atom. The van der Waals surface area contributed by atoms with Gasteiger partial charge in [0, 0.05) is 47.7 Å². The van der Waals surface area contributed by atoms with Gasteiger partial charge in [0.1, 0.15) is 0 Å². The molecule has 6 heteroatoms. The maximum Gasteiger partial charge on any atom is 0.316 e. The Morgan fingerprint density at radius 1 is 0.941 bits per heavy atom. The maximum absolute atomic E-state index is 11.2. The van der Waals surface area contributed by atoms with E-state index in [1.807, 2.05) is 0 Å². The summed E-state index contributed by atoms with van der Waals surface area (Å²) in [6.07, 6.45) is 1.38. The number of hydrogen-bond donors (Lipinski definition) is 2. The minimum Gasteiger partial charge on any atom is -0.349 e. The van der Waals surface area contributed by atoms with Gasteiger partial charge in [-0.1, -0.05) is 0 Å². The lowest BCUT2D eigenvalue weighted by Crippen LogP contribution is -2.38. The molecule has 0 radical (unpaired) electrons. The van der Waals surface area contributed by atoms with Gasteiger partial charge in [-0.2, -0.15) is 0 Å². The molecule has 0 saturated carbocycles. The molecule has 6 nitrogen and oxygen atoms in total. The summed E-state index contributed by atoms with van der Waals surface area (Å²) < 4.78 is 0. The Bertz CT molecular complexity index is 218. The Balaban J connectivity index is 3.30. The standard InChI is InChI=1S/C11H24N4O2/c1-14(2)10(16)6-5-7-12-8-9-13-11(17)15(3)4/h12H,5-9H2,1-4H3,(H,13,17). The second kappa shape index (κ2) is 8.81. The molecule has 0 atom stereocenters. The molecule has 3 amide bonds. The molecule has 0 aromatic carbocycles. The van der Waals surface area contributed by atoms with Crippen molar-refractivity contribution in [3.63, 3.8) is 0 Å². The average molecular weight is 244 g/mol. The van der Waals surface area contributed by atoms with Crippen LogP contribution in [0.15, 0.2) is 0 Å². The van der Waals surface area contributed by atoms with Gasteiger partial charge in [-0.25, -0.2) is 4.79 Å². The molecule has 0 bridgehead atoms. The summed E-state index contributed by atoms with van der Waals surface area (Å²) in [6, 6.07) is -0.0883.